The summed E-state index contributed by atoms with van der Waals surface area (Å²) in [5.41, 5.74) is 0.492. The Kier molecular flexibility index (Phi) is 5.06. The number of amides is 1. The number of anilines is 1. The predicted molar refractivity (Wildman–Crippen MR) is 127 cm³/mol. The SMILES string of the molecule is C[C@H]1C[C@@]2(CCN1c1cc(Br)cc(F)c1C#N)N=C(c1ccc3c(c1C1CC1)OC(F)(F)O3)NC2=O. The third-order valence-electron chi connectivity index (χ3n) is 7.22. The third kappa shape index (κ3) is 3.61. The highest BCUT2D eigenvalue weighted by atomic mass is 79.9. The number of piperidine rings is 1. The fourth-order valence-corrected chi connectivity index (χ4v) is 5.87. The van der Waals surface area contributed by atoms with Gasteiger partial charge in [-0.2, -0.15) is 5.26 Å². The molecule has 1 saturated heterocycles. The number of carbonyl (C=O) groups excluding carboxylic acids is 1. The average molecular weight is 561 g/mol. The van der Waals surface area contributed by atoms with Crippen LogP contribution in [0.1, 0.15) is 55.2 Å². The molecule has 1 spiro atoms. The summed E-state index contributed by atoms with van der Waals surface area (Å²) in [5, 5.41) is 12.4. The molecule has 1 amide bonds. The molecule has 0 radical (unpaired) electrons. The number of nitrogens with one attached hydrogen (secondary N) is 1. The molecule has 1 aliphatic carbocycles. The number of nitriles is 1. The van der Waals surface area contributed by atoms with E-state index >= 15 is 0 Å². The molecule has 1 N–H and O–H groups in total. The van der Waals surface area contributed by atoms with Gasteiger partial charge in [-0.25, -0.2) is 4.39 Å². The van der Waals surface area contributed by atoms with Crippen LogP contribution in [0.3, 0.4) is 0 Å². The van der Waals surface area contributed by atoms with Crippen LogP contribution in [-0.2, 0) is 4.79 Å². The lowest BCUT2D eigenvalue weighted by Crippen LogP contribution is -2.53. The Hall–Kier alpha value is -3.26. The quantitative estimate of drug-likeness (QED) is 0.573. The maximum atomic E-state index is 14.4. The number of fused-ring (bicyclic) bond motifs is 1. The summed E-state index contributed by atoms with van der Waals surface area (Å²) in [7, 11) is 0. The van der Waals surface area contributed by atoms with E-state index < -0.39 is 17.7 Å². The summed E-state index contributed by atoms with van der Waals surface area (Å²) < 4.78 is 51.9. The standard InChI is InChI=1S/C25H20BrF3N4O3/c1-12-10-24(6-7-33(12)18-9-14(26)8-17(27)16(18)11-30)23(34)31-22(32-24)15-4-5-19-21(20(15)13-2-3-13)36-25(28,29)35-19/h4-5,8-9,12-13H,2-3,6-7,10H2,1H3,(H,31,32,34)/t12-,24+/m0/s1. The first-order valence-corrected chi connectivity index (χ1v) is 12.4. The van der Waals surface area contributed by atoms with Crippen molar-refractivity contribution in [1.29, 1.82) is 5.26 Å². The van der Waals surface area contributed by atoms with Gasteiger partial charge in [0, 0.05) is 34.6 Å². The minimum atomic E-state index is -3.73. The fourth-order valence-electron chi connectivity index (χ4n) is 5.45. The molecule has 186 valence electrons. The number of benzene rings is 2. The lowest BCUT2D eigenvalue weighted by atomic mass is 9.83. The van der Waals surface area contributed by atoms with Gasteiger partial charge in [-0.1, -0.05) is 15.9 Å². The number of hydrogen-bond donors (Lipinski definition) is 1. The molecule has 2 aromatic carbocycles. The molecule has 1 saturated carbocycles. The van der Waals surface area contributed by atoms with E-state index in [2.05, 4.69) is 26.0 Å². The number of hydrogen-bond acceptors (Lipinski definition) is 6. The van der Waals surface area contributed by atoms with E-state index in [0.29, 0.717) is 46.5 Å². The minimum Gasteiger partial charge on any atom is -0.395 e. The molecule has 11 heteroatoms. The second-order valence-electron chi connectivity index (χ2n) is 9.63. The van der Waals surface area contributed by atoms with E-state index in [-0.39, 0.29) is 34.9 Å². The predicted octanol–water partition coefficient (Wildman–Crippen LogP) is 4.96. The van der Waals surface area contributed by atoms with Gasteiger partial charge in [-0.3, -0.25) is 9.79 Å². The van der Waals surface area contributed by atoms with Crippen LogP contribution in [0.4, 0.5) is 18.9 Å². The number of rotatable bonds is 3. The van der Waals surface area contributed by atoms with Gasteiger partial charge in [0.15, 0.2) is 11.5 Å². The van der Waals surface area contributed by atoms with Crippen molar-refractivity contribution >= 4 is 33.4 Å². The zero-order valence-corrected chi connectivity index (χ0v) is 20.7. The van der Waals surface area contributed by atoms with Gasteiger partial charge in [-0.05, 0) is 56.4 Å². The van der Waals surface area contributed by atoms with Crippen LogP contribution in [-0.4, -0.2) is 36.2 Å². The first kappa shape index (κ1) is 23.2. The van der Waals surface area contributed by atoms with E-state index in [1.165, 1.54) is 12.1 Å². The zero-order chi connectivity index (χ0) is 25.4. The Bertz CT molecular complexity index is 1390. The zero-order valence-electron chi connectivity index (χ0n) is 19.1. The van der Waals surface area contributed by atoms with Crippen molar-refractivity contribution in [1.82, 2.24) is 5.32 Å². The molecule has 2 aromatic rings. The lowest BCUT2D eigenvalue weighted by molar-refractivity contribution is -0.286. The van der Waals surface area contributed by atoms with Crippen molar-refractivity contribution in [2.24, 2.45) is 4.99 Å². The Balaban J connectivity index is 1.33. The summed E-state index contributed by atoms with van der Waals surface area (Å²) in [4.78, 5) is 20.0. The normalized spacial score (nSPS) is 26.1. The van der Waals surface area contributed by atoms with Crippen LogP contribution in [0.2, 0.25) is 0 Å². The van der Waals surface area contributed by atoms with E-state index in [9.17, 15) is 23.2 Å². The summed E-state index contributed by atoms with van der Waals surface area (Å²) in [5.74, 6) is -0.553. The number of alkyl halides is 2. The highest BCUT2D eigenvalue weighted by Crippen LogP contribution is 2.53. The molecule has 0 bridgehead atoms. The molecule has 0 unspecified atom stereocenters. The number of nitrogens with zero attached hydrogens (tertiary/aromatic N) is 3. The second-order valence-corrected chi connectivity index (χ2v) is 10.5. The second kappa shape index (κ2) is 7.87. The molecule has 3 aliphatic heterocycles. The molecule has 2 fully saturated rings. The Morgan fingerprint density at radius 2 is 2.06 bits per heavy atom. The van der Waals surface area contributed by atoms with Crippen LogP contribution in [0.25, 0.3) is 0 Å². The largest absolute Gasteiger partial charge is 0.586 e. The third-order valence-corrected chi connectivity index (χ3v) is 7.68. The molecule has 0 aromatic heterocycles. The van der Waals surface area contributed by atoms with Crippen molar-refractivity contribution in [3.8, 4) is 17.6 Å². The molecular formula is C25H20BrF3N4O3. The number of amidine groups is 1. The van der Waals surface area contributed by atoms with Gasteiger partial charge in [0.05, 0.1) is 5.69 Å². The highest BCUT2D eigenvalue weighted by Gasteiger charge is 2.51. The summed E-state index contributed by atoms with van der Waals surface area (Å²) >= 11 is 3.29. The van der Waals surface area contributed by atoms with Crippen molar-refractivity contribution in [2.45, 2.75) is 56.4 Å². The number of ether oxygens (including phenoxy) is 2. The minimum absolute atomic E-state index is 0.00167. The molecule has 3 heterocycles. The van der Waals surface area contributed by atoms with Crippen LogP contribution < -0.4 is 19.7 Å². The summed E-state index contributed by atoms with van der Waals surface area (Å²) in [6.07, 6.45) is -1.42. The molecule has 2 atom stereocenters. The summed E-state index contributed by atoms with van der Waals surface area (Å²) in [6, 6.07) is 7.70. The van der Waals surface area contributed by atoms with Gasteiger partial charge < -0.3 is 19.7 Å². The maximum Gasteiger partial charge on any atom is 0.586 e. The molecule has 4 aliphatic rings. The first-order chi connectivity index (χ1) is 17.1. The lowest BCUT2D eigenvalue weighted by Gasteiger charge is -2.42. The molecule has 36 heavy (non-hydrogen) atoms. The van der Waals surface area contributed by atoms with Crippen LogP contribution in [0.5, 0.6) is 11.5 Å². The van der Waals surface area contributed by atoms with E-state index in [1.54, 1.807) is 12.1 Å². The topological polar surface area (TPSA) is 87.0 Å². The van der Waals surface area contributed by atoms with Gasteiger partial charge in [0.25, 0.3) is 5.91 Å². The van der Waals surface area contributed by atoms with E-state index in [1.807, 2.05) is 17.9 Å². The Labute approximate surface area is 213 Å². The Morgan fingerprint density at radius 1 is 1.28 bits per heavy atom. The fraction of sp³-hybridized carbons (Fsp3) is 0.400. The van der Waals surface area contributed by atoms with E-state index in [4.69, 9.17) is 9.73 Å². The monoisotopic (exact) mass is 560 g/mol. The van der Waals surface area contributed by atoms with Crippen molar-refractivity contribution in [3.05, 3.63) is 51.2 Å². The highest BCUT2D eigenvalue weighted by molar-refractivity contribution is 9.10. The van der Waals surface area contributed by atoms with Crippen LogP contribution >= 0.6 is 15.9 Å². The Morgan fingerprint density at radius 3 is 2.75 bits per heavy atom. The van der Waals surface area contributed by atoms with Gasteiger partial charge in [-0.15, -0.1) is 8.78 Å². The van der Waals surface area contributed by atoms with Crippen molar-refractivity contribution in [2.75, 3.05) is 11.4 Å². The van der Waals surface area contributed by atoms with Crippen molar-refractivity contribution < 1.29 is 27.4 Å². The molecule has 7 nitrogen and oxygen atoms in total. The van der Waals surface area contributed by atoms with Crippen LogP contribution in [0, 0.1) is 17.1 Å². The maximum absolute atomic E-state index is 14.4. The smallest absolute Gasteiger partial charge is 0.395 e. The van der Waals surface area contributed by atoms with Crippen molar-refractivity contribution in [3.63, 3.8) is 0 Å². The molecule has 6 rings (SSSR count). The van der Waals surface area contributed by atoms with E-state index in [0.717, 1.165) is 12.8 Å². The summed E-state index contributed by atoms with van der Waals surface area (Å²) in [6.45, 7) is 2.28. The van der Waals surface area contributed by atoms with Crippen LogP contribution in [0.15, 0.2) is 33.7 Å². The number of aliphatic imine (C=N–C) groups is 1. The number of carbonyl (C=O) groups is 1. The van der Waals surface area contributed by atoms with Gasteiger partial charge >= 0.3 is 6.29 Å². The average Bonchev–Trinajstić information content (AvgIpc) is 3.52. The number of halogens is 4. The molecular weight excluding hydrogens is 541 g/mol. The first-order valence-electron chi connectivity index (χ1n) is 11.6. The van der Waals surface area contributed by atoms with Gasteiger partial charge in [0.1, 0.15) is 28.8 Å². The van der Waals surface area contributed by atoms with Gasteiger partial charge in [0.2, 0.25) is 0 Å².